The van der Waals surface area contributed by atoms with Crippen LogP contribution >= 0.6 is 0 Å². The minimum atomic E-state index is -0.116. The number of benzene rings is 1. The van der Waals surface area contributed by atoms with Crippen molar-refractivity contribution in [2.75, 3.05) is 31.8 Å². The number of aromatic amines is 1. The zero-order valence-electron chi connectivity index (χ0n) is 12.7. The number of aromatic nitrogens is 3. The van der Waals surface area contributed by atoms with E-state index >= 15 is 0 Å². The SMILES string of the molecule is Cc1nc(CN(C)C(=O)c2ccc(N(C)C)c(N)c2)n[nH]1. The summed E-state index contributed by atoms with van der Waals surface area (Å²) in [5.74, 6) is 1.20. The van der Waals surface area contributed by atoms with Gasteiger partial charge in [0.25, 0.3) is 5.91 Å². The van der Waals surface area contributed by atoms with Gasteiger partial charge >= 0.3 is 0 Å². The summed E-state index contributed by atoms with van der Waals surface area (Å²) in [7, 11) is 5.53. The van der Waals surface area contributed by atoms with Gasteiger partial charge < -0.3 is 15.5 Å². The third-order valence-corrected chi connectivity index (χ3v) is 3.13. The van der Waals surface area contributed by atoms with Gasteiger partial charge in [0.15, 0.2) is 5.82 Å². The molecule has 112 valence electrons. The van der Waals surface area contributed by atoms with Crippen LogP contribution in [0.15, 0.2) is 18.2 Å². The van der Waals surface area contributed by atoms with Crippen molar-refractivity contribution < 1.29 is 4.79 Å². The maximum atomic E-state index is 12.4. The molecular formula is C14H20N6O. The fourth-order valence-electron chi connectivity index (χ4n) is 2.06. The fourth-order valence-corrected chi connectivity index (χ4v) is 2.06. The Labute approximate surface area is 123 Å². The van der Waals surface area contributed by atoms with E-state index in [4.69, 9.17) is 5.73 Å². The molecule has 0 fully saturated rings. The third-order valence-electron chi connectivity index (χ3n) is 3.13. The summed E-state index contributed by atoms with van der Waals surface area (Å²) < 4.78 is 0. The minimum Gasteiger partial charge on any atom is -0.397 e. The topological polar surface area (TPSA) is 91.1 Å². The Hall–Kier alpha value is -2.57. The lowest BCUT2D eigenvalue weighted by Crippen LogP contribution is -2.27. The number of nitrogens with two attached hydrogens (primary N) is 1. The highest BCUT2D eigenvalue weighted by molar-refractivity contribution is 5.96. The van der Waals surface area contributed by atoms with Crippen LogP contribution in [0.5, 0.6) is 0 Å². The number of hydrogen-bond acceptors (Lipinski definition) is 5. The molecule has 0 bridgehead atoms. The van der Waals surface area contributed by atoms with Gasteiger partial charge in [-0.15, -0.1) is 0 Å². The number of rotatable bonds is 4. The minimum absolute atomic E-state index is 0.116. The number of carbonyl (C=O) groups is 1. The van der Waals surface area contributed by atoms with Gasteiger partial charge in [-0.1, -0.05) is 0 Å². The van der Waals surface area contributed by atoms with E-state index in [1.807, 2.05) is 32.0 Å². The average molecular weight is 288 g/mol. The van der Waals surface area contributed by atoms with Crippen LogP contribution in [-0.2, 0) is 6.54 Å². The van der Waals surface area contributed by atoms with E-state index in [0.29, 0.717) is 23.6 Å². The van der Waals surface area contributed by atoms with Gasteiger partial charge in [0.05, 0.1) is 17.9 Å². The Balaban J connectivity index is 2.14. The average Bonchev–Trinajstić information content (AvgIpc) is 2.82. The molecule has 0 aliphatic rings. The Morgan fingerprint density at radius 2 is 2.05 bits per heavy atom. The molecule has 7 heteroatoms. The van der Waals surface area contributed by atoms with Crippen molar-refractivity contribution >= 4 is 17.3 Å². The molecule has 0 saturated heterocycles. The van der Waals surface area contributed by atoms with Gasteiger partial charge in [-0.2, -0.15) is 5.10 Å². The highest BCUT2D eigenvalue weighted by Crippen LogP contribution is 2.23. The largest absolute Gasteiger partial charge is 0.397 e. The molecule has 1 amide bonds. The molecular weight excluding hydrogens is 268 g/mol. The van der Waals surface area contributed by atoms with Crippen molar-refractivity contribution in [3.63, 3.8) is 0 Å². The van der Waals surface area contributed by atoms with Crippen LogP contribution in [0.25, 0.3) is 0 Å². The number of hydrogen-bond donors (Lipinski definition) is 2. The molecule has 2 rings (SSSR count). The molecule has 2 aromatic rings. The molecule has 0 atom stereocenters. The van der Waals surface area contributed by atoms with Crippen LogP contribution in [-0.4, -0.2) is 47.1 Å². The molecule has 0 aliphatic carbocycles. The van der Waals surface area contributed by atoms with Crippen molar-refractivity contribution in [3.05, 3.63) is 35.4 Å². The Bertz CT molecular complexity index is 649. The maximum Gasteiger partial charge on any atom is 0.254 e. The normalized spacial score (nSPS) is 10.5. The molecule has 0 saturated carbocycles. The number of nitrogen functional groups attached to an aromatic ring is 1. The second-order valence-electron chi connectivity index (χ2n) is 5.17. The number of H-pyrrole nitrogens is 1. The molecule has 1 heterocycles. The smallest absolute Gasteiger partial charge is 0.254 e. The summed E-state index contributed by atoms with van der Waals surface area (Å²) in [6.07, 6.45) is 0. The molecule has 1 aromatic carbocycles. The van der Waals surface area contributed by atoms with E-state index in [0.717, 1.165) is 11.5 Å². The van der Waals surface area contributed by atoms with Crippen LogP contribution in [0.3, 0.4) is 0 Å². The Morgan fingerprint density at radius 1 is 1.33 bits per heavy atom. The summed E-state index contributed by atoms with van der Waals surface area (Å²) in [5.41, 5.74) is 7.99. The van der Waals surface area contributed by atoms with Gasteiger partial charge in [0, 0.05) is 26.7 Å². The second kappa shape index (κ2) is 5.82. The number of anilines is 2. The predicted molar refractivity (Wildman–Crippen MR) is 82.1 cm³/mol. The maximum absolute atomic E-state index is 12.4. The monoisotopic (exact) mass is 288 g/mol. The summed E-state index contributed by atoms with van der Waals surface area (Å²) in [6, 6.07) is 5.30. The first kappa shape index (κ1) is 14.8. The van der Waals surface area contributed by atoms with Crippen LogP contribution in [0.1, 0.15) is 22.0 Å². The first-order valence-corrected chi connectivity index (χ1v) is 6.58. The fraction of sp³-hybridized carbons (Fsp3) is 0.357. The zero-order valence-corrected chi connectivity index (χ0v) is 12.7. The van der Waals surface area contributed by atoms with E-state index in [-0.39, 0.29) is 5.91 Å². The lowest BCUT2D eigenvalue weighted by atomic mass is 10.1. The molecule has 0 spiro atoms. The molecule has 0 unspecified atom stereocenters. The number of aryl methyl sites for hydroxylation is 1. The van der Waals surface area contributed by atoms with E-state index < -0.39 is 0 Å². The summed E-state index contributed by atoms with van der Waals surface area (Å²) in [5, 5.41) is 6.78. The lowest BCUT2D eigenvalue weighted by molar-refractivity contribution is 0.0781. The number of amides is 1. The molecule has 21 heavy (non-hydrogen) atoms. The van der Waals surface area contributed by atoms with Gasteiger partial charge in [0.1, 0.15) is 5.82 Å². The second-order valence-corrected chi connectivity index (χ2v) is 5.17. The number of nitrogens with zero attached hydrogens (tertiary/aromatic N) is 4. The Kier molecular flexibility index (Phi) is 4.11. The number of nitrogens with one attached hydrogen (secondary N) is 1. The van der Waals surface area contributed by atoms with E-state index in [1.165, 1.54) is 0 Å². The van der Waals surface area contributed by atoms with Crippen LogP contribution in [0.2, 0.25) is 0 Å². The van der Waals surface area contributed by atoms with Crippen LogP contribution < -0.4 is 10.6 Å². The summed E-state index contributed by atoms with van der Waals surface area (Å²) in [6.45, 7) is 2.16. The molecule has 1 aromatic heterocycles. The summed E-state index contributed by atoms with van der Waals surface area (Å²) in [4.78, 5) is 20.0. The predicted octanol–water partition coefficient (Wildman–Crippen LogP) is 1.03. The summed E-state index contributed by atoms with van der Waals surface area (Å²) >= 11 is 0. The molecule has 0 aliphatic heterocycles. The standard InChI is InChI=1S/C14H20N6O/c1-9-16-13(18-17-9)8-20(4)14(21)10-5-6-12(19(2)3)11(15)7-10/h5-7H,8,15H2,1-4H3,(H,16,17,18). The Morgan fingerprint density at radius 3 is 2.57 bits per heavy atom. The van der Waals surface area contributed by atoms with Gasteiger partial charge in [-0.25, -0.2) is 4.98 Å². The quantitative estimate of drug-likeness (QED) is 0.820. The molecule has 3 N–H and O–H groups in total. The third kappa shape index (κ3) is 3.31. The lowest BCUT2D eigenvalue weighted by Gasteiger charge is -2.18. The zero-order chi connectivity index (χ0) is 15.6. The van der Waals surface area contributed by atoms with Crippen molar-refractivity contribution in [1.82, 2.24) is 20.1 Å². The number of carbonyl (C=O) groups excluding carboxylic acids is 1. The van der Waals surface area contributed by atoms with Crippen molar-refractivity contribution in [3.8, 4) is 0 Å². The van der Waals surface area contributed by atoms with E-state index in [1.54, 1.807) is 24.1 Å². The van der Waals surface area contributed by atoms with Crippen molar-refractivity contribution in [2.45, 2.75) is 13.5 Å². The highest BCUT2D eigenvalue weighted by atomic mass is 16.2. The van der Waals surface area contributed by atoms with Gasteiger partial charge in [0.2, 0.25) is 0 Å². The van der Waals surface area contributed by atoms with Gasteiger partial charge in [-0.3, -0.25) is 9.89 Å². The first-order valence-electron chi connectivity index (χ1n) is 6.58. The first-order chi connectivity index (χ1) is 9.88. The molecule has 7 nitrogen and oxygen atoms in total. The van der Waals surface area contributed by atoms with Crippen molar-refractivity contribution in [2.24, 2.45) is 0 Å². The van der Waals surface area contributed by atoms with Crippen molar-refractivity contribution in [1.29, 1.82) is 0 Å². The van der Waals surface area contributed by atoms with Crippen LogP contribution in [0, 0.1) is 6.92 Å². The van der Waals surface area contributed by atoms with E-state index in [2.05, 4.69) is 15.2 Å². The van der Waals surface area contributed by atoms with Crippen LogP contribution in [0.4, 0.5) is 11.4 Å². The highest BCUT2D eigenvalue weighted by Gasteiger charge is 2.15. The van der Waals surface area contributed by atoms with Gasteiger partial charge in [-0.05, 0) is 25.1 Å². The molecule has 0 radical (unpaired) electrons. The van der Waals surface area contributed by atoms with E-state index in [9.17, 15) is 4.79 Å².